The lowest BCUT2D eigenvalue weighted by Gasteiger charge is -2.34. The van der Waals surface area contributed by atoms with Crippen LogP contribution in [0.2, 0.25) is 0 Å². The van der Waals surface area contributed by atoms with Crippen LogP contribution < -0.4 is 0 Å². The molecule has 22 heavy (non-hydrogen) atoms. The van der Waals surface area contributed by atoms with Crippen molar-refractivity contribution in [3.8, 4) is 0 Å². The minimum atomic E-state index is -0.0967. The maximum absolute atomic E-state index is 13.7. The molecule has 2 aromatic rings. The Kier molecular flexibility index (Phi) is 4.85. The number of aryl methyl sites for hydroxylation is 1. The van der Waals surface area contributed by atoms with E-state index < -0.39 is 0 Å². The zero-order chi connectivity index (χ0) is 15.4. The molecule has 1 aromatic carbocycles. The van der Waals surface area contributed by atoms with E-state index in [2.05, 4.69) is 19.4 Å². The quantitative estimate of drug-likeness (QED) is 0.846. The number of aromatic nitrogens is 2. The Bertz CT molecular complexity index is 602. The Labute approximate surface area is 131 Å². The predicted molar refractivity (Wildman–Crippen MR) is 85.1 cm³/mol. The number of rotatable bonds is 5. The van der Waals surface area contributed by atoms with Crippen LogP contribution in [0.15, 0.2) is 36.7 Å². The molecule has 0 radical (unpaired) electrons. The van der Waals surface area contributed by atoms with Crippen molar-refractivity contribution in [3.63, 3.8) is 0 Å². The summed E-state index contributed by atoms with van der Waals surface area (Å²) in [6, 6.07) is 7.07. The number of hydrogen-bond donors (Lipinski definition) is 0. The summed E-state index contributed by atoms with van der Waals surface area (Å²) in [6.45, 7) is 8.86. The Hall–Kier alpha value is -1.72. The van der Waals surface area contributed by atoms with Crippen molar-refractivity contribution < 1.29 is 4.39 Å². The van der Waals surface area contributed by atoms with E-state index >= 15 is 0 Å². The van der Waals surface area contributed by atoms with E-state index in [1.54, 1.807) is 12.1 Å². The van der Waals surface area contributed by atoms with Gasteiger partial charge in [0.05, 0.1) is 0 Å². The van der Waals surface area contributed by atoms with E-state index in [0.717, 1.165) is 50.7 Å². The molecule has 0 bridgehead atoms. The number of nitrogens with zero attached hydrogens (tertiary/aromatic N) is 4. The molecular weight excluding hydrogens is 279 g/mol. The topological polar surface area (TPSA) is 24.3 Å². The summed E-state index contributed by atoms with van der Waals surface area (Å²) in [7, 11) is 0. The summed E-state index contributed by atoms with van der Waals surface area (Å²) < 4.78 is 15.9. The van der Waals surface area contributed by atoms with E-state index in [1.807, 2.05) is 31.5 Å². The van der Waals surface area contributed by atoms with Gasteiger partial charge in [0, 0.05) is 63.8 Å². The lowest BCUT2D eigenvalue weighted by molar-refractivity contribution is 0.123. The van der Waals surface area contributed by atoms with Gasteiger partial charge >= 0.3 is 0 Å². The highest BCUT2D eigenvalue weighted by atomic mass is 19.1. The van der Waals surface area contributed by atoms with Crippen LogP contribution in [0.4, 0.5) is 4.39 Å². The molecule has 0 unspecified atom stereocenters. The van der Waals surface area contributed by atoms with Gasteiger partial charge in [-0.15, -0.1) is 0 Å². The normalized spacial score (nSPS) is 17.0. The molecule has 5 heteroatoms. The maximum Gasteiger partial charge on any atom is 0.127 e. The van der Waals surface area contributed by atoms with Gasteiger partial charge in [-0.3, -0.25) is 9.80 Å². The minimum Gasteiger partial charge on any atom is -0.334 e. The second-order valence-electron chi connectivity index (χ2n) is 5.88. The maximum atomic E-state index is 13.7. The van der Waals surface area contributed by atoms with Crippen LogP contribution in [0, 0.1) is 12.7 Å². The molecule has 1 aliphatic heterocycles. The number of imidazole rings is 1. The molecule has 4 nitrogen and oxygen atoms in total. The van der Waals surface area contributed by atoms with Gasteiger partial charge in [-0.2, -0.15) is 0 Å². The average molecular weight is 302 g/mol. The van der Waals surface area contributed by atoms with Crippen LogP contribution in [0.3, 0.4) is 0 Å². The highest BCUT2D eigenvalue weighted by Gasteiger charge is 2.17. The zero-order valence-corrected chi connectivity index (χ0v) is 13.1. The molecule has 1 aromatic heterocycles. The molecule has 3 rings (SSSR count). The van der Waals surface area contributed by atoms with E-state index in [1.165, 1.54) is 0 Å². The Morgan fingerprint density at radius 1 is 1.05 bits per heavy atom. The summed E-state index contributed by atoms with van der Waals surface area (Å²) in [5.74, 6) is 0.971. The van der Waals surface area contributed by atoms with Crippen molar-refractivity contribution in [2.24, 2.45) is 0 Å². The molecule has 0 saturated carbocycles. The smallest absolute Gasteiger partial charge is 0.127 e. The van der Waals surface area contributed by atoms with Gasteiger partial charge in [0.2, 0.25) is 0 Å². The molecule has 1 aliphatic rings. The van der Waals surface area contributed by atoms with Gasteiger partial charge < -0.3 is 4.57 Å². The van der Waals surface area contributed by atoms with Gasteiger partial charge in [0.15, 0.2) is 0 Å². The van der Waals surface area contributed by atoms with Crippen molar-refractivity contribution in [2.75, 3.05) is 32.7 Å². The second kappa shape index (κ2) is 7.03. The van der Waals surface area contributed by atoms with Crippen molar-refractivity contribution >= 4 is 0 Å². The molecule has 118 valence electrons. The van der Waals surface area contributed by atoms with Crippen molar-refractivity contribution in [2.45, 2.75) is 20.0 Å². The first kappa shape index (κ1) is 15.2. The molecule has 1 fully saturated rings. The lowest BCUT2D eigenvalue weighted by atomic mass is 10.2. The number of halogens is 1. The summed E-state index contributed by atoms with van der Waals surface area (Å²) in [6.07, 6.45) is 3.88. The van der Waals surface area contributed by atoms with Crippen LogP contribution in [-0.4, -0.2) is 52.1 Å². The van der Waals surface area contributed by atoms with Crippen LogP contribution in [0.25, 0.3) is 0 Å². The highest BCUT2D eigenvalue weighted by molar-refractivity contribution is 5.17. The molecule has 0 spiro atoms. The van der Waals surface area contributed by atoms with Crippen LogP contribution in [-0.2, 0) is 13.1 Å². The number of piperazine rings is 1. The van der Waals surface area contributed by atoms with Gasteiger partial charge in [0.1, 0.15) is 11.6 Å². The Balaban J connectivity index is 1.44. The van der Waals surface area contributed by atoms with Crippen LogP contribution in [0.5, 0.6) is 0 Å². The third-order valence-electron chi connectivity index (χ3n) is 4.40. The van der Waals surface area contributed by atoms with Crippen LogP contribution >= 0.6 is 0 Å². The predicted octanol–water partition coefficient (Wildman–Crippen LogP) is 2.15. The van der Waals surface area contributed by atoms with Gasteiger partial charge in [-0.1, -0.05) is 18.2 Å². The summed E-state index contributed by atoms with van der Waals surface area (Å²) in [5.41, 5.74) is 0.796. The third-order valence-corrected chi connectivity index (χ3v) is 4.40. The lowest BCUT2D eigenvalue weighted by Crippen LogP contribution is -2.46. The Morgan fingerprint density at radius 3 is 2.45 bits per heavy atom. The molecule has 0 atom stereocenters. The molecule has 1 saturated heterocycles. The van der Waals surface area contributed by atoms with Crippen LogP contribution in [0.1, 0.15) is 11.4 Å². The Morgan fingerprint density at radius 2 is 1.77 bits per heavy atom. The first-order chi connectivity index (χ1) is 10.7. The molecule has 2 heterocycles. The monoisotopic (exact) mass is 302 g/mol. The molecular formula is C17H23FN4. The van der Waals surface area contributed by atoms with Gasteiger partial charge in [-0.05, 0) is 13.0 Å². The summed E-state index contributed by atoms with van der Waals surface area (Å²) >= 11 is 0. The fourth-order valence-electron chi connectivity index (χ4n) is 2.93. The van der Waals surface area contributed by atoms with Gasteiger partial charge in [0.25, 0.3) is 0 Å². The van der Waals surface area contributed by atoms with E-state index in [0.29, 0.717) is 6.54 Å². The molecule has 0 amide bonds. The van der Waals surface area contributed by atoms with Crippen molar-refractivity contribution in [1.29, 1.82) is 0 Å². The number of benzene rings is 1. The first-order valence-electron chi connectivity index (χ1n) is 7.88. The average Bonchev–Trinajstić information content (AvgIpc) is 2.94. The molecule has 0 N–H and O–H groups in total. The van der Waals surface area contributed by atoms with Gasteiger partial charge in [-0.25, -0.2) is 9.37 Å². The van der Waals surface area contributed by atoms with E-state index in [4.69, 9.17) is 0 Å². The second-order valence-corrected chi connectivity index (χ2v) is 5.88. The fourth-order valence-corrected chi connectivity index (χ4v) is 2.93. The first-order valence-corrected chi connectivity index (χ1v) is 7.88. The SMILES string of the molecule is Cc1nccn1CCN1CCN(Cc2ccccc2F)CC1. The van der Waals surface area contributed by atoms with Crippen molar-refractivity contribution in [1.82, 2.24) is 19.4 Å². The minimum absolute atomic E-state index is 0.0967. The zero-order valence-electron chi connectivity index (χ0n) is 13.1. The third kappa shape index (κ3) is 3.72. The van der Waals surface area contributed by atoms with E-state index in [9.17, 15) is 4.39 Å². The highest BCUT2D eigenvalue weighted by Crippen LogP contribution is 2.12. The fraction of sp³-hybridized carbons (Fsp3) is 0.471. The standard InChI is InChI=1S/C17H23FN4/c1-15-19-6-7-22(15)13-12-20-8-10-21(11-9-20)14-16-4-2-3-5-17(16)18/h2-7H,8-14H2,1H3. The number of hydrogen-bond acceptors (Lipinski definition) is 3. The van der Waals surface area contributed by atoms with Crippen molar-refractivity contribution in [3.05, 3.63) is 53.9 Å². The summed E-state index contributed by atoms with van der Waals surface area (Å²) in [4.78, 5) is 9.05. The largest absolute Gasteiger partial charge is 0.334 e. The summed E-state index contributed by atoms with van der Waals surface area (Å²) in [5, 5.41) is 0. The molecule has 0 aliphatic carbocycles. The van der Waals surface area contributed by atoms with E-state index in [-0.39, 0.29) is 5.82 Å².